The molecule has 0 atom stereocenters. The van der Waals surface area contributed by atoms with E-state index in [0.717, 1.165) is 11.1 Å². The van der Waals surface area contributed by atoms with Crippen LogP contribution in [0.2, 0.25) is 0 Å². The second kappa shape index (κ2) is 8.54. The first-order valence-corrected chi connectivity index (χ1v) is 5.08. The van der Waals surface area contributed by atoms with Crippen molar-refractivity contribution in [2.75, 3.05) is 0 Å². The summed E-state index contributed by atoms with van der Waals surface area (Å²) in [4.78, 5) is 0. The molecule has 0 fully saturated rings. The van der Waals surface area contributed by atoms with Gasteiger partial charge in [-0.3, -0.25) is 0 Å². The van der Waals surface area contributed by atoms with Crippen molar-refractivity contribution in [2.24, 2.45) is 0 Å². The van der Waals surface area contributed by atoms with Crippen molar-refractivity contribution in [2.45, 2.75) is 6.92 Å². The van der Waals surface area contributed by atoms with E-state index in [4.69, 9.17) is 5.11 Å². The van der Waals surface area contributed by atoms with Gasteiger partial charge in [0.2, 0.25) is 0 Å². The van der Waals surface area contributed by atoms with Crippen molar-refractivity contribution < 1.29 is 5.11 Å². The van der Waals surface area contributed by atoms with Crippen molar-refractivity contribution in [1.82, 2.24) is 0 Å². The Hall–Kier alpha value is -0.539. The normalized spacial score (nSPS) is 8.53. The summed E-state index contributed by atoms with van der Waals surface area (Å²) in [6.45, 7) is 9.53. The molecule has 2 heteroatoms. The van der Waals surface area contributed by atoms with Gasteiger partial charge < -0.3 is 5.11 Å². The maximum atomic E-state index is 8.73. The first kappa shape index (κ1) is 16.5. The van der Waals surface area contributed by atoms with Gasteiger partial charge in [0, 0.05) is 0 Å². The Labute approximate surface area is 141 Å². The van der Waals surface area contributed by atoms with Gasteiger partial charge in [-0.15, -0.1) is 12.1 Å². The summed E-state index contributed by atoms with van der Waals surface area (Å²) in [6, 6.07) is 14.8. The Bertz CT molecular complexity index is 393. The van der Waals surface area contributed by atoms with E-state index >= 15 is 0 Å². The van der Waals surface area contributed by atoms with Crippen LogP contribution in [0.4, 0.5) is 0 Å². The van der Waals surface area contributed by atoms with E-state index in [1.807, 2.05) is 18.2 Å². The average molecular weight is 300 g/mol. The average Bonchev–Trinajstić information content (AvgIpc) is 2.28. The molecule has 0 unspecified atom stereocenters. The largest absolute Gasteiger partial charge is 2.00 e. The second-order valence-electron chi connectivity index (χ2n) is 3.59. The Balaban J connectivity index is 0.000000284. The predicted molar refractivity (Wildman–Crippen MR) is 74.0 cm³/mol. The van der Waals surface area contributed by atoms with Gasteiger partial charge in [-0.05, 0) is 0 Å². The van der Waals surface area contributed by atoms with Crippen LogP contribution in [0.5, 0.6) is 5.75 Å². The van der Waals surface area contributed by atoms with Gasteiger partial charge in [-0.2, -0.15) is 48.7 Å². The zero-order valence-electron chi connectivity index (χ0n) is 10.2. The molecule has 0 saturated carbocycles. The van der Waals surface area contributed by atoms with E-state index < -0.39 is 0 Å². The zero-order chi connectivity index (χ0) is 12.0. The molecule has 0 bridgehead atoms. The molecule has 0 aliphatic heterocycles. The van der Waals surface area contributed by atoms with Gasteiger partial charge in [-0.1, -0.05) is 25.1 Å². The van der Waals surface area contributed by atoms with Crippen LogP contribution in [0.3, 0.4) is 0 Å². The van der Waals surface area contributed by atoms with Crippen LogP contribution in [-0.4, -0.2) is 50.6 Å². The fourth-order valence-electron chi connectivity index (χ4n) is 1.11. The first-order valence-electron chi connectivity index (χ1n) is 5.08. The Kier molecular flexibility index (Phi) is 8.27. The molecule has 0 saturated heterocycles. The maximum absolute atomic E-state index is 8.73. The number of benzene rings is 2. The summed E-state index contributed by atoms with van der Waals surface area (Å²) in [5.74, 6) is 0.289. The van der Waals surface area contributed by atoms with Crippen LogP contribution in [0.15, 0.2) is 48.5 Å². The van der Waals surface area contributed by atoms with Crippen molar-refractivity contribution in [3.05, 3.63) is 79.1 Å². The molecule has 0 aliphatic rings. The molecule has 1 N–H and O–H groups in total. The molecule has 2 rings (SSSR count). The Morgan fingerprint density at radius 3 is 1.76 bits per heavy atom. The molecular weight excluding hydrogens is 284 g/mol. The SMILES string of the molecule is [CH2-]c1ccc(O)cc1.[CH2-]c1ccccc1C.[Sr+2]. The minimum absolute atomic E-state index is 0. The van der Waals surface area contributed by atoms with Crippen LogP contribution in [0.25, 0.3) is 0 Å². The fraction of sp³-hybridized carbons (Fsp3) is 0.0667. The quantitative estimate of drug-likeness (QED) is 0.584. The smallest absolute Gasteiger partial charge is 0.510 e. The number of phenols is 1. The molecule has 0 heterocycles. The van der Waals surface area contributed by atoms with E-state index in [2.05, 4.69) is 26.8 Å². The van der Waals surface area contributed by atoms with E-state index in [1.165, 1.54) is 5.56 Å². The van der Waals surface area contributed by atoms with Crippen molar-refractivity contribution in [1.29, 1.82) is 0 Å². The third-order valence-electron chi connectivity index (χ3n) is 2.20. The van der Waals surface area contributed by atoms with Crippen molar-refractivity contribution in [3.63, 3.8) is 0 Å². The minimum Gasteiger partial charge on any atom is -0.510 e. The Morgan fingerprint density at radius 1 is 0.882 bits per heavy atom. The summed E-state index contributed by atoms with van der Waals surface area (Å²) in [5.41, 5.74) is 3.29. The van der Waals surface area contributed by atoms with Crippen LogP contribution in [0, 0.1) is 20.8 Å². The standard InChI is InChI=1S/C8H9.C7H7O.Sr/c1-7-5-3-4-6-8(7)2;1-6-2-4-7(8)5-3-6;/h3-6H,1H2,2H3;2-5,8H,1H2;/q2*-1;+2. The molecule has 2 aromatic carbocycles. The number of aromatic hydroxyl groups is 1. The summed E-state index contributed by atoms with van der Waals surface area (Å²) >= 11 is 0. The van der Waals surface area contributed by atoms with Gasteiger partial charge in [0.25, 0.3) is 0 Å². The Morgan fingerprint density at radius 2 is 1.41 bits per heavy atom. The van der Waals surface area contributed by atoms with E-state index in [0.29, 0.717) is 0 Å². The monoisotopic (exact) mass is 300 g/mol. The third-order valence-corrected chi connectivity index (χ3v) is 2.20. The van der Waals surface area contributed by atoms with Crippen LogP contribution < -0.4 is 0 Å². The topological polar surface area (TPSA) is 20.2 Å². The van der Waals surface area contributed by atoms with Crippen molar-refractivity contribution >= 4 is 45.5 Å². The summed E-state index contributed by atoms with van der Waals surface area (Å²) < 4.78 is 0. The minimum atomic E-state index is 0. The number of aryl methyl sites for hydroxylation is 1. The number of hydrogen-bond donors (Lipinski definition) is 1. The van der Waals surface area contributed by atoms with Gasteiger partial charge in [-0.25, -0.2) is 0 Å². The third kappa shape index (κ3) is 6.69. The molecule has 2 aromatic rings. The maximum Gasteiger partial charge on any atom is 2.00 e. The van der Waals surface area contributed by atoms with Crippen LogP contribution in [0.1, 0.15) is 16.7 Å². The molecule has 17 heavy (non-hydrogen) atoms. The van der Waals surface area contributed by atoms with Crippen molar-refractivity contribution in [3.8, 4) is 5.75 Å². The number of rotatable bonds is 0. The molecule has 0 spiro atoms. The molecule has 0 aliphatic carbocycles. The second-order valence-corrected chi connectivity index (χ2v) is 3.59. The fourth-order valence-corrected chi connectivity index (χ4v) is 1.11. The molecule has 0 aromatic heterocycles. The predicted octanol–water partition coefficient (Wildman–Crippen LogP) is 3.37. The van der Waals surface area contributed by atoms with E-state index in [9.17, 15) is 0 Å². The van der Waals surface area contributed by atoms with Gasteiger partial charge >= 0.3 is 45.5 Å². The van der Waals surface area contributed by atoms with Gasteiger partial charge in [0.15, 0.2) is 0 Å². The molecule has 1 nitrogen and oxygen atoms in total. The summed E-state index contributed by atoms with van der Waals surface area (Å²) in [7, 11) is 0. The summed E-state index contributed by atoms with van der Waals surface area (Å²) in [5, 5.41) is 8.73. The van der Waals surface area contributed by atoms with Gasteiger partial charge in [0.05, 0.1) is 5.75 Å². The molecule has 0 amide bonds. The summed E-state index contributed by atoms with van der Waals surface area (Å²) in [6.07, 6.45) is 0. The van der Waals surface area contributed by atoms with Crippen LogP contribution in [-0.2, 0) is 0 Å². The number of phenolic OH excluding ortho intramolecular Hbond substituents is 1. The molecule has 84 valence electrons. The van der Waals surface area contributed by atoms with Gasteiger partial charge in [0.1, 0.15) is 0 Å². The van der Waals surface area contributed by atoms with E-state index in [-0.39, 0.29) is 51.2 Å². The number of hydrogen-bond acceptors (Lipinski definition) is 1. The molecule has 0 radical (unpaired) electrons. The zero-order valence-corrected chi connectivity index (χ0v) is 13.7. The first-order chi connectivity index (χ1) is 7.59. The molecular formula is C15H16OSr. The van der Waals surface area contributed by atoms with Crippen LogP contribution >= 0.6 is 0 Å². The van der Waals surface area contributed by atoms with E-state index in [1.54, 1.807) is 24.3 Å².